The second-order valence-corrected chi connectivity index (χ2v) is 5.30. The van der Waals surface area contributed by atoms with E-state index in [1.54, 1.807) is 19.0 Å². The third-order valence-corrected chi connectivity index (χ3v) is 3.40. The number of amides is 1. The third-order valence-electron chi connectivity index (χ3n) is 3.40. The minimum absolute atomic E-state index is 0.108. The van der Waals surface area contributed by atoms with Crippen LogP contribution in [-0.2, 0) is 17.9 Å². The number of rotatable bonds is 6. The van der Waals surface area contributed by atoms with Gasteiger partial charge in [-0.25, -0.2) is 0 Å². The number of carbonyl (C=O) groups excluding carboxylic acids is 1. The summed E-state index contributed by atoms with van der Waals surface area (Å²) in [5.41, 5.74) is 2.39. The van der Waals surface area contributed by atoms with Crippen molar-refractivity contribution in [2.24, 2.45) is 0 Å². The molecule has 2 rings (SSSR count). The largest absolute Gasteiger partial charge is 0.347 e. The van der Waals surface area contributed by atoms with Gasteiger partial charge in [-0.3, -0.25) is 4.79 Å². The minimum Gasteiger partial charge on any atom is -0.347 e. The van der Waals surface area contributed by atoms with Gasteiger partial charge in [0.05, 0.1) is 0 Å². The molecule has 1 amide bonds. The molecule has 0 atom stereocenters. The Hall–Kier alpha value is -1.81. The van der Waals surface area contributed by atoms with E-state index in [0.29, 0.717) is 6.54 Å². The Labute approximate surface area is 120 Å². The van der Waals surface area contributed by atoms with Crippen LogP contribution in [0.2, 0.25) is 0 Å². The Balaban J connectivity index is 2.14. The number of likely N-dealkylation sites (N-methyl/N-ethyl adjacent to an activating group) is 1. The number of benzene rings is 1. The van der Waals surface area contributed by atoms with E-state index in [9.17, 15) is 4.79 Å². The van der Waals surface area contributed by atoms with Gasteiger partial charge in [0.25, 0.3) is 0 Å². The highest BCUT2D eigenvalue weighted by Gasteiger charge is 2.08. The van der Waals surface area contributed by atoms with E-state index in [4.69, 9.17) is 0 Å². The van der Waals surface area contributed by atoms with Crippen LogP contribution in [0, 0.1) is 0 Å². The summed E-state index contributed by atoms with van der Waals surface area (Å²) >= 11 is 0. The van der Waals surface area contributed by atoms with Gasteiger partial charge in [-0.05, 0) is 42.1 Å². The molecule has 0 radical (unpaired) electrons. The Kier molecular flexibility index (Phi) is 4.79. The van der Waals surface area contributed by atoms with Crippen molar-refractivity contribution in [1.29, 1.82) is 0 Å². The van der Waals surface area contributed by atoms with Crippen molar-refractivity contribution in [3.63, 3.8) is 0 Å². The van der Waals surface area contributed by atoms with Gasteiger partial charge in [-0.15, -0.1) is 0 Å². The Morgan fingerprint density at radius 1 is 1.30 bits per heavy atom. The van der Waals surface area contributed by atoms with E-state index in [0.717, 1.165) is 25.0 Å². The number of hydrogen-bond donors (Lipinski definition) is 1. The van der Waals surface area contributed by atoms with Crippen LogP contribution in [0.15, 0.2) is 30.5 Å². The summed E-state index contributed by atoms with van der Waals surface area (Å²) in [7, 11) is 3.57. The van der Waals surface area contributed by atoms with Gasteiger partial charge in [0.15, 0.2) is 0 Å². The number of nitrogens with one attached hydrogen (secondary N) is 1. The van der Waals surface area contributed by atoms with Crippen LogP contribution in [-0.4, -0.2) is 36.0 Å². The van der Waals surface area contributed by atoms with E-state index in [2.05, 4.69) is 36.5 Å². The topological polar surface area (TPSA) is 37.3 Å². The first kappa shape index (κ1) is 14.6. The lowest BCUT2D eigenvalue weighted by molar-refractivity contribution is -0.129. The van der Waals surface area contributed by atoms with Gasteiger partial charge in [0.2, 0.25) is 5.91 Å². The predicted molar refractivity (Wildman–Crippen MR) is 82.6 cm³/mol. The van der Waals surface area contributed by atoms with E-state index in [1.165, 1.54) is 10.9 Å². The number of carbonyl (C=O) groups is 1. The van der Waals surface area contributed by atoms with Crippen molar-refractivity contribution in [1.82, 2.24) is 14.8 Å². The lowest BCUT2D eigenvalue weighted by Crippen LogP contribution is -2.25. The van der Waals surface area contributed by atoms with Crippen LogP contribution in [0.3, 0.4) is 0 Å². The van der Waals surface area contributed by atoms with Crippen molar-refractivity contribution >= 4 is 16.8 Å². The lowest BCUT2D eigenvalue weighted by atomic mass is 10.1. The monoisotopic (exact) mass is 273 g/mol. The molecule has 0 fully saturated rings. The summed E-state index contributed by atoms with van der Waals surface area (Å²) < 4.78 is 2.00. The fourth-order valence-corrected chi connectivity index (χ4v) is 2.19. The molecule has 4 nitrogen and oxygen atoms in total. The summed E-state index contributed by atoms with van der Waals surface area (Å²) in [5.74, 6) is 0.108. The van der Waals surface area contributed by atoms with Crippen LogP contribution in [0.25, 0.3) is 10.9 Å². The maximum Gasteiger partial charge on any atom is 0.241 e. The van der Waals surface area contributed by atoms with Crippen LogP contribution < -0.4 is 5.32 Å². The molecular formula is C16H23N3O. The number of aromatic nitrogens is 1. The highest BCUT2D eigenvalue weighted by atomic mass is 16.2. The Morgan fingerprint density at radius 3 is 2.80 bits per heavy atom. The SMILES string of the molecule is CCCNCc1ccc2c(ccn2CC(=O)N(C)C)c1. The molecule has 1 N–H and O–H groups in total. The zero-order chi connectivity index (χ0) is 14.5. The first-order valence-electron chi connectivity index (χ1n) is 7.10. The minimum atomic E-state index is 0.108. The first-order chi connectivity index (χ1) is 9.61. The normalized spacial score (nSPS) is 10.9. The molecule has 0 unspecified atom stereocenters. The molecule has 0 bridgehead atoms. The maximum absolute atomic E-state index is 11.8. The Morgan fingerprint density at radius 2 is 2.10 bits per heavy atom. The van der Waals surface area contributed by atoms with Gasteiger partial charge in [0.1, 0.15) is 6.54 Å². The highest BCUT2D eigenvalue weighted by Crippen LogP contribution is 2.18. The van der Waals surface area contributed by atoms with Crippen LogP contribution in [0.4, 0.5) is 0 Å². The molecule has 4 heteroatoms. The molecule has 1 aromatic heterocycles. The summed E-state index contributed by atoms with van der Waals surface area (Å²) in [5, 5.41) is 4.59. The molecule has 0 spiro atoms. The van der Waals surface area contributed by atoms with Crippen molar-refractivity contribution in [2.75, 3.05) is 20.6 Å². The molecule has 0 saturated heterocycles. The number of nitrogens with zero attached hydrogens (tertiary/aromatic N) is 2. The van der Waals surface area contributed by atoms with E-state index in [1.807, 2.05) is 10.8 Å². The average molecular weight is 273 g/mol. The van der Waals surface area contributed by atoms with Crippen molar-refractivity contribution in [2.45, 2.75) is 26.4 Å². The molecule has 1 aromatic carbocycles. The number of hydrogen-bond acceptors (Lipinski definition) is 2. The van der Waals surface area contributed by atoms with Crippen molar-refractivity contribution < 1.29 is 4.79 Å². The fourth-order valence-electron chi connectivity index (χ4n) is 2.19. The van der Waals surface area contributed by atoms with Crippen molar-refractivity contribution in [3.05, 3.63) is 36.0 Å². The highest BCUT2D eigenvalue weighted by molar-refractivity contribution is 5.83. The van der Waals surface area contributed by atoms with Gasteiger partial charge in [-0.2, -0.15) is 0 Å². The molecule has 0 saturated carbocycles. The summed E-state index contributed by atoms with van der Waals surface area (Å²) in [6.07, 6.45) is 3.13. The number of fused-ring (bicyclic) bond motifs is 1. The van der Waals surface area contributed by atoms with Crippen LogP contribution in [0.1, 0.15) is 18.9 Å². The average Bonchev–Trinajstić information content (AvgIpc) is 2.81. The predicted octanol–water partition coefficient (Wildman–Crippen LogP) is 2.23. The van der Waals surface area contributed by atoms with Gasteiger partial charge in [-0.1, -0.05) is 13.0 Å². The van der Waals surface area contributed by atoms with Crippen molar-refractivity contribution in [3.8, 4) is 0 Å². The quantitative estimate of drug-likeness (QED) is 0.820. The smallest absolute Gasteiger partial charge is 0.241 e. The van der Waals surface area contributed by atoms with Gasteiger partial charge >= 0.3 is 0 Å². The molecule has 0 aliphatic heterocycles. The first-order valence-corrected chi connectivity index (χ1v) is 7.10. The van der Waals surface area contributed by atoms with Crippen LogP contribution in [0.5, 0.6) is 0 Å². The van der Waals surface area contributed by atoms with E-state index in [-0.39, 0.29) is 5.91 Å². The zero-order valence-electron chi connectivity index (χ0n) is 12.5. The summed E-state index contributed by atoms with van der Waals surface area (Å²) in [6, 6.07) is 8.49. The summed E-state index contributed by atoms with van der Waals surface area (Å²) in [4.78, 5) is 13.4. The van der Waals surface area contributed by atoms with E-state index >= 15 is 0 Å². The van der Waals surface area contributed by atoms with Gasteiger partial charge < -0.3 is 14.8 Å². The molecule has 0 aliphatic carbocycles. The van der Waals surface area contributed by atoms with Gasteiger partial charge in [0, 0.05) is 32.4 Å². The maximum atomic E-state index is 11.8. The third kappa shape index (κ3) is 3.39. The van der Waals surface area contributed by atoms with Crippen LogP contribution >= 0.6 is 0 Å². The van der Waals surface area contributed by atoms with E-state index < -0.39 is 0 Å². The fraction of sp³-hybridized carbons (Fsp3) is 0.438. The standard InChI is InChI=1S/C16H23N3O/c1-4-8-17-11-13-5-6-15-14(10-13)7-9-19(15)12-16(20)18(2)3/h5-7,9-10,17H,4,8,11-12H2,1-3H3. The molecular weight excluding hydrogens is 250 g/mol. The second kappa shape index (κ2) is 6.57. The molecule has 2 aromatic rings. The zero-order valence-corrected chi connectivity index (χ0v) is 12.5. The second-order valence-electron chi connectivity index (χ2n) is 5.30. The molecule has 108 valence electrons. The molecule has 20 heavy (non-hydrogen) atoms. The summed E-state index contributed by atoms with van der Waals surface area (Å²) in [6.45, 7) is 4.49. The molecule has 0 aliphatic rings. The lowest BCUT2D eigenvalue weighted by Gasteiger charge is -2.11. The Bertz CT molecular complexity index is 586. The molecule has 1 heterocycles.